The van der Waals surface area contributed by atoms with Crippen LogP contribution in [0.1, 0.15) is 18.1 Å². The van der Waals surface area contributed by atoms with Crippen molar-refractivity contribution in [2.75, 3.05) is 13.2 Å². The fraction of sp³-hybridized carbons (Fsp3) is 0.300. The molecule has 2 N–H and O–H groups in total. The fourth-order valence-corrected chi connectivity index (χ4v) is 2.99. The van der Waals surface area contributed by atoms with E-state index in [9.17, 15) is 14.7 Å². The number of nitrogens with zero attached hydrogens (tertiary/aromatic N) is 1. The molecule has 6 heteroatoms. The van der Waals surface area contributed by atoms with Crippen molar-refractivity contribution in [1.82, 2.24) is 10.2 Å². The van der Waals surface area contributed by atoms with E-state index in [2.05, 4.69) is 5.32 Å². The molecule has 0 radical (unpaired) electrons. The lowest BCUT2D eigenvalue weighted by Crippen LogP contribution is -2.42. The van der Waals surface area contributed by atoms with Gasteiger partial charge in [-0.05, 0) is 37.1 Å². The van der Waals surface area contributed by atoms with E-state index in [0.29, 0.717) is 11.3 Å². The van der Waals surface area contributed by atoms with Crippen LogP contribution in [0.3, 0.4) is 0 Å². The van der Waals surface area contributed by atoms with Gasteiger partial charge in [0.25, 0.3) is 5.91 Å². The van der Waals surface area contributed by atoms with E-state index in [1.54, 1.807) is 25.1 Å². The number of aliphatic hydroxyl groups excluding tert-OH is 1. The molecule has 0 aliphatic carbocycles. The Kier molecular flexibility index (Phi) is 4.95. The number of carbonyl (C=O) groups is 2. The molecule has 0 saturated carbocycles. The van der Waals surface area contributed by atoms with E-state index in [-0.39, 0.29) is 19.1 Å². The largest absolute Gasteiger partial charge is 0.491 e. The van der Waals surface area contributed by atoms with E-state index in [1.807, 2.05) is 43.3 Å². The van der Waals surface area contributed by atoms with E-state index < -0.39 is 17.7 Å². The lowest BCUT2D eigenvalue weighted by atomic mass is 9.92. The highest BCUT2D eigenvalue weighted by Gasteiger charge is 2.49. The zero-order valence-corrected chi connectivity index (χ0v) is 14.8. The number of β-amino-alcohol motifs (C(OH)–C–C–N with tert-alkyl or cyclic N) is 1. The number of urea groups is 1. The second-order valence-corrected chi connectivity index (χ2v) is 6.62. The van der Waals surface area contributed by atoms with Crippen molar-refractivity contribution < 1.29 is 19.4 Å². The third-order valence-electron chi connectivity index (χ3n) is 4.45. The van der Waals surface area contributed by atoms with Crippen molar-refractivity contribution in [3.05, 3.63) is 65.7 Å². The maximum absolute atomic E-state index is 12.8. The van der Waals surface area contributed by atoms with Crippen LogP contribution in [0.25, 0.3) is 0 Å². The van der Waals surface area contributed by atoms with Gasteiger partial charge in [-0.3, -0.25) is 9.69 Å². The van der Waals surface area contributed by atoms with E-state index >= 15 is 0 Å². The molecule has 136 valence electrons. The highest BCUT2D eigenvalue weighted by molar-refractivity contribution is 6.07. The topological polar surface area (TPSA) is 78.9 Å². The average Bonchev–Trinajstić information content (AvgIpc) is 2.85. The quantitative estimate of drug-likeness (QED) is 0.780. The lowest BCUT2D eigenvalue weighted by Gasteiger charge is -2.23. The Morgan fingerprint density at radius 2 is 1.88 bits per heavy atom. The van der Waals surface area contributed by atoms with Crippen molar-refractivity contribution in [1.29, 1.82) is 0 Å². The number of rotatable bonds is 6. The van der Waals surface area contributed by atoms with Gasteiger partial charge in [0, 0.05) is 0 Å². The molecule has 26 heavy (non-hydrogen) atoms. The summed E-state index contributed by atoms with van der Waals surface area (Å²) in [4.78, 5) is 26.1. The van der Waals surface area contributed by atoms with Gasteiger partial charge in [0.05, 0.1) is 6.54 Å². The molecule has 0 spiro atoms. The average molecular weight is 354 g/mol. The van der Waals surface area contributed by atoms with Crippen LogP contribution in [0, 0.1) is 6.92 Å². The monoisotopic (exact) mass is 354 g/mol. The number of hydrogen-bond acceptors (Lipinski definition) is 4. The minimum atomic E-state index is -1.13. The summed E-state index contributed by atoms with van der Waals surface area (Å²) in [6, 6.07) is 16.0. The number of carbonyl (C=O) groups excluding carboxylic acids is 2. The standard InChI is InChI=1S/C20H22N2O4/c1-14-7-6-10-17(11-14)26-13-16(23)12-22-18(24)20(2,21-19(22)25)15-8-4-3-5-9-15/h3-11,16,23H,12-13H2,1-2H3,(H,21,25). The highest BCUT2D eigenvalue weighted by Crippen LogP contribution is 2.28. The first-order valence-corrected chi connectivity index (χ1v) is 8.47. The van der Waals surface area contributed by atoms with Crippen LogP contribution in [-0.4, -0.2) is 41.2 Å². The van der Waals surface area contributed by atoms with Crippen LogP contribution in [-0.2, 0) is 10.3 Å². The summed E-state index contributed by atoms with van der Waals surface area (Å²) in [6.45, 7) is 3.47. The van der Waals surface area contributed by atoms with E-state index in [4.69, 9.17) is 4.74 Å². The summed E-state index contributed by atoms with van der Waals surface area (Å²) < 4.78 is 5.55. The van der Waals surface area contributed by atoms with Crippen LogP contribution in [0.5, 0.6) is 5.75 Å². The van der Waals surface area contributed by atoms with Crippen LogP contribution in [0.2, 0.25) is 0 Å². The molecule has 1 fully saturated rings. The minimum absolute atomic E-state index is 0.0113. The van der Waals surface area contributed by atoms with Gasteiger partial charge < -0.3 is 15.2 Å². The van der Waals surface area contributed by atoms with Gasteiger partial charge in [-0.2, -0.15) is 0 Å². The molecule has 2 aromatic carbocycles. The van der Waals surface area contributed by atoms with E-state index in [0.717, 1.165) is 10.5 Å². The number of nitrogens with one attached hydrogen (secondary N) is 1. The molecule has 0 bridgehead atoms. The second kappa shape index (κ2) is 7.17. The predicted molar refractivity (Wildman–Crippen MR) is 96.7 cm³/mol. The summed E-state index contributed by atoms with van der Waals surface area (Å²) in [5.74, 6) is 0.249. The molecule has 1 heterocycles. The number of hydrogen-bond donors (Lipinski definition) is 2. The first-order chi connectivity index (χ1) is 12.4. The number of aryl methyl sites for hydroxylation is 1. The van der Waals surface area contributed by atoms with Gasteiger partial charge in [-0.1, -0.05) is 42.5 Å². The zero-order valence-electron chi connectivity index (χ0n) is 14.8. The number of amides is 3. The summed E-state index contributed by atoms with van der Waals surface area (Å²) in [7, 11) is 0. The maximum atomic E-state index is 12.8. The summed E-state index contributed by atoms with van der Waals surface area (Å²) in [5, 5.41) is 12.9. The summed E-state index contributed by atoms with van der Waals surface area (Å²) in [5.41, 5.74) is 0.617. The Bertz CT molecular complexity index is 808. The second-order valence-electron chi connectivity index (χ2n) is 6.62. The molecule has 2 atom stereocenters. The third-order valence-corrected chi connectivity index (χ3v) is 4.45. The Morgan fingerprint density at radius 3 is 2.58 bits per heavy atom. The smallest absolute Gasteiger partial charge is 0.325 e. The number of aliphatic hydroxyl groups is 1. The van der Waals surface area contributed by atoms with Gasteiger partial charge in [0.15, 0.2) is 0 Å². The molecule has 2 unspecified atom stereocenters. The first kappa shape index (κ1) is 17.9. The minimum Gasteiger partial charge on any atom is -0.491 e. The SMILES string of the molecule is Cc1cccc(OCC(O)CN2C(=O)NC(C)(c3ccccc3)C2=O)c1. The van der Waals surface area contributed by atoms with Crippen molar-refractivity contribution in [2.45, 2.75) is 25.5 Å². The first-order valence-electron chi connectivity index (χ1n) is 8.47. The third kappa shape index (κ3) is 3.55. The molecule has 2 aromatic rings. The van der Waals surface area contributed by atoms with E-state index in [1.165, 1.54) is 0 Å². The molecular formula is C20H22N2O4. The van der Waals surface area contributed by atoms with Crippen molar-refractivity contribution in [3.63, 3.8) is 0 Å². The molecule has 3 rings (SSSR count). The Balaban J connectivity index is 1.64. The zero-order chi connectivity index (χ0) is 18.7. The van der Waals surface area contributed by atoms with Gasteiger partial charge >= 0.3 is 6.03 Å². The fourth-order valence-electron chi connectivity index (χ4n) is 2.99. The van der Waals surface area contributed by atoms with Gasteiger partial charge in [0.1, 0.15) is 24.0 Å². The molecule has 1 aliphatic heterocycles. The highest BCUT2D eigenvalue weighted by atomic mass is 16.5. The molecule has 0 aromatic heterocycles. The van der Waals surface area contributed by atoms with Crippen LogP contribution in [0.4, 0.5) is 4.79 Å². The Labute approximate surface area is 152 Å². The maximum Gasteiger partial charge on any atom is 0.325 e. The van der Waals surface area contributed by atoms with Crippen molar-refractivity contribution >= 4 is 11.9 Å². The number of benzene rings is 2. The Morgan fingerprint density at radius 1 is 1.15 bits per heavy atom. The number of imide groups is 1. The Hall–Kier alpha value is -2.86. The number of ether oxygens (including phenoxy) is 1. The van der Waals surface area contributed by atoms with Crippen LogP contribution >= 0.6 is 0 Å². The molecular weight excluding hydrogens is 332 g/mol. The van der Waals surface area contributed by atoms with Gasteiger partial charge in [-0.15, -0.1) is 0 Å². The van der Waals surface area contributed by atoms with Gasteiger partial charge in [0.2, 0.25) is 0 Å². The molecule has 1 saturated heterocycles. The van der Waals surface area contributed by atoms with Crippen molar-refractivity contribution in [3.8, 4) is 5.75 Å². The lowest BCUT2D eigenvalue weighted by molar-refractivity contribution is -0.132. The normalized spacial score (nSPS) is 20.8. The summed E-state index contributed by atoms with van der Waals surface area (Å²) >= 11 is 0. The molecule has 1 aliphatic rings. The predicted octanol–water partition coefficient (Wildman–Crippen LogP) is 2.20. The molecule has 6 nitrogen and oxygen atoms in total. The summed E-state index contributed by atoms with van der Waals surface area (Å²) in [6.07, 6.45) is -0.983. The van der Waals surface area contributed by atoms with Crippen molar-refractivity contribution in [2.24, 2.45) is 0 Å². The van der Waals surface area contributed by atoms with Crippen LogP contribution in [0.15, 0.2) is 54.6 Å². The van der Waals surface area contributed by atoms with Crippen LogP contribution < -0.4 is 10.1 Å². The van der Waals surface area contributed by atoms with Gasteiger partial charge in [-0.25, -0.2) is 4.79 Å². The molecule has 3 amide bonds.